The van der Waals surface area contributed by atoms with Gasteiger partial charge in [-0.25, -0.2) is 4.79 Å². The van der Waals surface area contributed by atoms with Gasteiger partial charge in [-0.2, -0.15) is 0 Å². The summed E-state index contributed by atoms with van der Waals surface area (Å²) in [6, 6.07) is 5.71. The van der Waals surface area contributed by atoms with Crippen LogP contribution in [0.1, 0.15) is 64.4 Å². The molecule has 1 fully saturated rings. The van der Waals surface area contributed by atoms with E-state index in [1.807, 2.05) is 18.2 Å². The van der Waals surface area contributed by atoms with Crippen LogP contribution in [0, 0.1) is 0 Å². The van der Waals surface area contributed by atoms with Crippen LogP contribution in [0.5, 0.6) is 11.5 Å². The summed E-state index contributed by atoms with van der Waals surface area (Å²) in [5.74, 6) is 1.24. The van der Waals surface area contributed by atoms with Crippen LogP contribution in [0.25, 0.3) is 6.08 Å². The first-order chi connectivity index (χ1) is 12.2. The molecule has 4 nitrogen and oxygen atoms in total. The molecule has 0 amide bonds. The molecule has 0 aliphatic heterocycles. The summed E-state index contributed by atoms with van der Waals surface area (Å²) in [5, 5.41) is 0. The Balaban J connectivity index is 2.00. The molecule has 2 rings (SSSR count). The maximum absolute atomic E-state index is 12.0. The summed E-state index contributed by atoms with van der Waals surface area (Å²) in [6.45, 7) is 5.44. The van der Waals surface area contributed by atoms with Crippen LogP contribution < -0.4 is 9.47 Å². The van der Waals surface area contributed by atoms with E-state index in [0.717, 1.165) is 55.6 Å². The largest absolute Gasteiger partial charge is 0.493 e. The normalized spacial score (nSPS) is 15.3. The highest BCUT2D eigenvalue weighted by Crippen LogP contribution is 2.27. The molecule has 1 aromatic rings. The molecule has 0 N–H and O–H groups in total. The number of hydrogen-bond donors (Lipinski definition) is 0. The average Bonchev–Trinajstić information content (AvgIpc) is 2.64. The molecule has 4 heteroatoms. The molecule has 0 saturated heterocycles. The Morgan fingerprint density at radius 2 is 1.80 bits per heavy atom. The second kappa shape index (κ2) is 10.8. The number of esters is 1. The third kappa shape index (κ3) is 6.81. The first kappa shape index (κ1) is 19.4. The molecular formula is C21H30O4. The molecule has 1 saturated carbocycles. The summed E-state index contributed by atoms with van der Waals surface area (Å²) in [7, 11) is 0. The van der Waals surface area contributed by atoms with Crippen molar-refractivity contribution in [1.29, 1.82) is 0 Å². The summed E-state index contributed by atoms with van der Waals surface area (Å²) in [5.41, 5.74) is 0.859. The zero-order valence-corrected chi connectivity index (χ0v) is 15.5. The Morgan fingerprint density at radius 1 is 1.08 bits per heavy atom. The lowest BCUT2D eigenvalue weighted by molar-refractivity contribution is -0.144. The van der Waals surface area contributed by atoms with E-state index in [-0.39, 0.29) is 12.1 Å². The molecule has 0 radical (unpaired) electrons. The van der Waals surface area contributed by atoms with Crippen molar-refractivity contribution in [3.63, 3.8) is 0 Å². The summed E-state index contributed by atoms with van der Waals surface area (Å²) in [4.78, 5) is 12.0. The molecule has 0 unspecified atom stereocenters. The van der Waals surface area contributed by atoms with Crippen LogP contribution in [-0.2, 0) is 9.53 Å². The smallest absolute Gasteiger partial charge is 0.331 e. The van der Waals surface area contributed by atoms with Crippen LogP contribution in [0.3, 0.4) is 0 Å². The Hall–Kier alpha value is -1.97. The van der Waals surface area contributed by atoms with Gasteiger partial charge in [0.05, 0.1) is 13.2 Å². The van der Waals surface area contributed by atoms with Crippen molar-refractivity contribution in [1.82, 2.24) is 0 Å². The number of carbonyl (C=O) groups is 1. The standard InChI is InChI=1S/C21H30O4/c1-3-14-23-19-12-10-17(20(16-19)24-15-4-2)11-13-21(22)25-18-8-6-5-7-9-18/h10-13,16,18H,3-9,14-15H2,1-2H3. The van der Waals surface area contributed by atoms with Crippen molar-refractivity contribution in [3.05, 3.63) is 29.8 Å². The molecule has 1 aliphatic carbocycles. The molecule has 0 heterocycles. The zero-order chi connectivity index (χ0) is 17.9. The van der Waals surface area contributed by atoms with Gasteiger partial charge in [-0.1, -0.05) is 20.3 Å². The van der Waals surface area contributed by atoms with E-state index in [4.69, 9.17) is 14.2 Å². The molecule has 1 aliphatic rings. The molecule has 0 bridgehead atoms. The van der Waals surface area contributed by atoms with Gasteiger partial charge in [0, 0.05) is 17.7 Å². The van der Waals surface area contributed by atoms with Gasteiger partial charge in [0.1, 0.15) is 17.6 Å². The minimum atomic E-state index is -0.278. The number of hydrogen-bond acceptors (Lipinski definition) is 4. The first-order valence-corrected chi connectivity index (χ1v) is 9.51. The van der Waals surface area contributed by atoms with Gasteiger partial charge in [0.2, 0.25) is 0 Å². The predicted octanol–water partition coefficient (Wildman–Crippen LogP) is 5.15. The molecule has 138 valence electrons. The van der Waals surface area contributed by atoms with Gasteiger partial charge in [0.15, 0.2) is 0 Å². The lowest BCUT2D eigenvalue weighted by Crippen LogP contribution is -2.19. The van der Waals surface area contributed by atoms with Gasteiger partial charge < -0.3 is 14.2 Å². The van der Waals surface area contributed by atoms with E-state index in [2.05, 4.69) is 13.8 Å². The molecule has 0 spiro atoms. The SMILES string of the molecule is CCCOc1ccc(C=CC(=O)OC2CCCCC2)c(OCCC)c1. The van der Waals surface area contributed by atoms with Crippen LogP contribution >= 0.6 is 0 Å². The monoisotopic (exact) mass is 346 g/mol. The van der Waals surface area contributed by atoms with Crippen molar-refractivity contribution in [2.45, 2.75) is 64.9 Å². The highest BCUT2D eigenvalue weighted by molar-refractivity contribution is 5.87. The van der Waals surface area contributed by atoms with Crippen molar-refractivity contribution in [3.8, 4) is 11.5 Å². The fraction of sp³-hybridized carbons (Fsp3) is 0.571. The Bertz CT molecular complexity index is 559. The predicted molar refractivity (Wildman–Crippen MR) is 100 cm³/mol. The molecule has 1 aromatic carbocycles. The van der Waals surface area contributed by atoms with Crippen molar-refractivity contribution in [2.75, 3.05) is 13.2 Å². The maximum Gasteiger partial charge on any atom is 0.331 e. The molecule has 25 heavy (non-hydrogen) atoms. The second-order valence-corrected chi connectivity index (χ2v) is 6.43. The Morgan fingerprint density at radius 3 is 2.52 bits per heavy atom. The number of benzene rings is 1. The van der Waals surface area contributed by atoms with Gasteiger partial charge >= 0.3 is 5.97 Å². The third-order valence-electron chi connectivity index (χ3n) is 4.15. The highest BCUT2D eigenvalue weighted by Gasteiger charge is 2.16. The Labute approximate surface area is 151 Å². The van der Waals surface area contributed by atoms with Crippen LogP contribution in [0.15, 0.2) is 24.3 Å². The van der Waals surface area contributed by atoms with Gasteiger partial charge in [0.25, 0.3) is 0 Å². The lowest BCUT2D eigenvalue weighted by Gasteiger charge is -2.20. The maximum atomic E-state index is 12.0. The van der Waals surface area contributed by atoms with Crippen molar-refractivity contribution < 1.29 is 19.0 Å². The van der Waals surface area contributed by atoms with E-state index < -0.39 is 0 Å². The Kier molecular flexibility index (Phi) is 8.36. The number of ether oxygens (including phenoxy) is 3. The van der Waals surface area contributed by atoms with Crippen LogP contribution in [0.2, 0.25) is 0 Å². The van der Waals surface area contributed by atoms with E-state index in [1.54, 1.807) is 6.08 Å². The number of carbonyl (C=O) groups excluding carboxylic acids is 1. The van der Waals surface area contributed by atoms with Crippen LogP contribution in [0.4, 0.5) is 0 Å². The fourth-order valence-electron chi connectivity index (χ4n) is 2.84. The summed E-state index contributed by atoms with van der Waals surface area (Å²) < 4.78 is 17.0. The topological polar surface area (TPSA) is 44.8 Å². The lowest BCUT2D eigenvalue weighted by atomic mass is 9.98. The van der Waals surface area contributed by atoms with Crippen molar-refractivity contribution >= 4 is 12.0 Å². The molecular weight excluding hydrogens is 316 g/mol. The highest BCUT2D eigenvalue weighted by atomic mass is 16.5. The van der Waals surface area contributed by atoms with Gasteiger partial charge in [-0.15, -0.1) is 0 Å². The second-order valence-electron chi connectivity index (χ2n) is 6.43. The van der Waals surface area contributed by atoms with Crippen LogP contribution in [-0.4, -0.2) is 25.3 Å². The van der Waals surface area contributed by atoms with E-state index in [9.17, 15) is 4.79 Å². The zero-order valence-electron chi connectivity index (χ0n) is 15.5. The van der Waals surface area contributed by atoms with E-state index >= 15 is 0 Å². The average molecular weight is 346 g/mol. The third-order valence-corrected chi connectivity index (χ3v) is 4.15. The summed E-state index contributed by atoms with van der Waals surface area (Å²) >= 11 is 0. The summed E-state index contributed by atoms with van der Waals surface area (Å²) in [6.07, 6.45) is 10.7. The van der Waals surface area contributed by atoms with E-state index in [1.165, 1.54) is 12.5 Å². The van der Waals surface area contributed by atoms with E-state index in [0.29, 0.717) is 13.2 Å². The van der Waals surface area contributed by atoms with Crippen molar-refractivity contribution in [2.24, 2.45) is 0 Å². The number of rotatable bonds is 9. The minimum Gasteiger partial charge on any atom is -0.493 e. The van der Waals surface area contributed by atoms with Gasteiger partial charge in [-0.3, -0.25) is 0 Å². The molecule has 0 aromatic heterocycles. The fourth-order valence-corrected chi connectivity index (χ4v) is 2.84. The minimum absolute atomic E-state index is 0.0755. The van der Waals surface area contributed by atoms with Gasteiger partial charge in [-0.05, 0) is 56.7 Å². The first-order valence-electron chi connectivity index (χ1n) is 9.51. The quantitative estimate of drug-likeness (QED) is 0.458. The molecule has 0 atom stereocenters.